The number of hydrogen-bond donors (Lipinski definition) is 1. The van der Waals surface area contributed by atoms with E-state index < -0.39 is 0 Å². The molecule has 1 heterocycles. The molecule has 0 unspecified atom stereocenters. The van der Waals surface area contributed by atoms with Crippen molar-refractivity contribution in [3.63, 3.8) is 0 Å². The van der Waals surface area contributed by atoms with E-state index in [9.17, 15) is 9.59 Å². The van der Waals surface area contributed by atoms with Crippen LogP contribution in [0.15, 0.2) is 0 Å². The summed E-state index contributed by atoms with van der Waals surface area (Å²) in [6, 6.07) is 0.209. The van der Waals surface area contributed by atoms with E-state index >= 15 is 0 Å². The van der Waals surface area contributed by atoms with Crippen LogP contribution in [0.3, 0.4) is 0 Å². The van der Waals surface area contributed by atoms with Crippen LogP contribution < -0.4 is 5.32 Å². The molecule has 0 spiro atoms. The highest BCUT2D eigenvalue weighted by molar-refractivity contribution is 5.84. The van der Waals surface area contributed by atoms with Crippen molar-refractivity contribution in [1.29, 1.82) is 0 Å². The number of piperidine rings is 1. The summed E-state index contributed by atoms with van der Waals surface area (Å²) in [4.78, 5) is 26.2. The number of hydrogen-bond acceptors (Lipinski definition) is 2. The molecule has 0 aromatic rings. The second-order valence-electron chi connectivity index (χ2n) is 6.66. The van der Waals surface area contributed by atoms with E-state index in [-0.39, 0.29) is 29.2 Å². The molecule has 2 atom stereocenters. The summed E-state index contributed by atoms with van der Waals surface area (Å²) in [5, 5.41) is 3.02. The Hall–Kier alpha value is -1.06. The Morgan fingerprint density at radius 1 is 1.37 bits per heavy atom. The molecule has 19 heavy (non-hydrogen) atoms. The van der Waals surface area contributed by atoms with Crippen molar-refractivity contribution >= 4 is 11.8 Å². The maximum Gasteiger partial charge on any atom is 0.227 e. The highest BCUT2D eigenvalue weighted by Crippen LogP contribution is 2.23. The van der Waals surface area contributed by atoms with Gasteiger partial charge in [0, 0.05) is 24.5 Å². The van der Waals surface area contributed by atoms with E-state index in [2.05, 4.69) is 12.2 Å². The van der Waals surface area contributed by atoms with E-state index in [0.717, 1.165) is 25.8 Å². The van der Waals surface area contributed by atoms with Crippen LogP contribution in [0.5, 0.6) is 0 Å². The summed E-state index contributed by atoms with van der Waals surface area (Å²) in [5.41, 5.74) is -0.366. The van der Waals surface area contributed by atoms with E-state index in [0.29, 0.717) is 6.54 Å². The van der Waals surface area contributed by atoms with E-state index in [4.69, 9.17) is 0 Å². The zero-order valence-electron chi connectivity index (χ0n) is 13.0. The first-order valence-electron chi connectivity index (χ1n) is 7.35. The zero-order valence-corrected chi connectivity index (χ0v) is 13.0. The number of likely N-dealkylation sites (tertiary alicyclic amines) is 1. The standard InChI is InChI=1S/C15H28N2O2/c1-6-11(2)16-13(18)12-8-7-9-17(10-12)14(19)15(3,4)5/h11-12H,6-10H2,1-5H3,(H,16,18)/t11-,12-/m1/s1. The Kier molecular flexibility index (Phi) is 5.39. The number of nitrogens with one attached hydrogen (secondary N) is 1. The van der Waals surface area contributed by atoms with Gasteiger partial charge >= 0.3 is 0 Å². The van der Waals surface area contributed by atoms with Crippen molar-refractivity contribution in [2.45, 2.75) is 59.9 Å². The molecule has 0 aromatic carbocycles. The lowest BCUT2D eigenvalue weighted by Crippen LogP contribution is -2.49. The van der Waals surface area contributed by atoms with Gasteiger partial charge in [-0.15, -0.1) is 0 Å². The van der Waals surface area contributed by atoms with Crippen LogP contribution in [-0.4, -0.2) is 35.8 Å². The smallest absolute Gasteiger partial charge is 0.227 e. The fourth-order valence-corrected chi connectivity index (χ4v) is 2.31. The molecule has 1 N–H and O–H groups in total. The van der Waals surface area contributed by atoms with Gasteiger partial charge in [0.05, 0.1) is 5.92 Å². The van der Waals surface area contributed by atoms with Gasteiger partial charge in [-0.3, -0.25) is 9.59 Å². The molecule has 110 valence electrons. The minimum atomic E-state index is -0.366. The average molecular weight is 268 g/mol. The molecule has 4 heteroatoms. The summed E-state index contributed by atoms with van der Waals surface area (Å²) >= 11 is 0. The van der Waals surface area contributed by atoms with E-state index in [1.807, 2.05) is 32.6 Å². The zero-order chi connectivity index (χ0) is 14.6. The number of carbonyl (C=O) groups is 2. The first kappa shape index (κ1) is 16.0. The van der Waals surface area contributed by atoms with Crippen LogP contribution in [0.4, 0.5) is 0 Å². The highest BCUT2D eigenvalue weighted by Gasteiger charge is 2.33. The van der Waals surface area contributed by atoms with Gasteiger partial charge in [-0.05, 0) is 26.2 Å². The molecule has 1 aliphatic rings. The van der Waals surface area contributed by atoms with Gasteiger partial charge in [0.1, 0.15) is 0 Å². The molecule has 0 aromatic heterocycles. The Labute approximate surface area is 116 Å². The molecule has 4 nitrogen and oxygen atoms in total. The lowest BCUT2D eigenvalue weighted by Gasteiger charge is -2.36. The molecule has 0 aliphatic carbocycles. The van der Waals surface area contributed by atoms with Crippen LogP contribution >= 0.6 is 0 Å². The predicted molar refractivity (Wildman–Crippen MR) is 76.7 cm³/mol. The Morgan fingerprint density at radius 2 is 2.00 bits per heavy atom. The number of nitrogens with zero attached hydrogens (tertiary/aromatic N) is 1. The quantitative estimate of drug-likeness (QED) is 0.853. The summed E-state index contributed by atoms with van der Waals surface area (Å²) in [6.45, 7) is 11.2. The topological polar surface area (TPSA) is 49.4 Å². The molecular weight excluding hydrogens is 240 g/mol. The molecule has 1 aliphatic heterocycles. The third-order valence-electron chi connectivity index (χ3n) is 3.72. The lowest BCUT2D eigenvalue weighted by molar-refractivity contribution is -0.142. The van der Waals surface area contributed by atoms with Gasteiger partial charge in [-0.1, -0.05) is 27.7 Å². The number of amides is 2. The van der Waals surface area contributed by atoms with Gasteiger partial charge < -0.3 is 10.2 Å². The van der Waals surface area contributed by atoms with Gasteiger partial charge in [0.2, 0.25) is 11.8 Å². The first-order chi connectivity index (χ1) is 8.75. The van der Waals surface area contributed by atoms with E-state index in [1.54, 1.807) is 0 Å². The third kappa shape index (κ3) is 4.51. The highest BCUT2D eigenvalue weighted by atomic mass is 16.2. The minimum absolute atomic E-state index is 0.0472. The number of rotatable bonds is 3. The largest absolute Gasteiger partial charge is 0.353 e. The van der Waals surface area contributed by atoms with Gasteiger partial charge in [-0.25, -0.2) is 0 Å². The fourth-order valence-electron chi connectivity index (χ4n) is 2.31. The summed E-state index contributed by atoms with van der Waals surface area (Å²) in [5.74, 6) is 0.198. The maximum absolute atomic E-state index is 12.3. The van der Waals surface area contributed by atoms with Crippen molar-refractivity contribution in [2.75, 3.05) is 13.1 Å². The Morgan fingerprint density at radius 3 is 2.53 bits per heavy atom. The SMILES string of the molecule is CC[C@@H](C)NC(=O)[C@@H]1CCCN(C(=O)C(C)(C)C)C1. The summed E-state index contributed by atoms with van der Waals surface area (Å²) in [6.07, 6.45) is 2.74. The first-order valence-corrected chi connectivity index (χ1v) is 7.35. The maximum atomic E-state index is 12.3. The van der Waals surface area contributed by atoms with Crippen LogP contribution in [0.1, 0.15) is 53.9 Å². The van der Waals surface area contributed by atoms with Crippen LogP contribution in [0.25, 0.3) is 0 Å². The van der Waals surface area contributed by atoms with Gasteiger partial charge in [-0.2, -0.15) is 0 Å². The van der Waals surface area contributed by atoms with Crippen molar-refractivity contribution < 1.29 is 9.59 Å². The summed E-state index contributed by atoms with van der Waals surface area (Å²) in [7, 11) is 0. The van der Waals surface area contributed by atoms with Crippen molar-refractivity contribution in [1.82, 2.24) is 10.2 Å². The molecule has 0 saturated carbocycles. The molecular formula is C15H28N2O2. The Bertz CT molecular complexity index is 334. The second-order valence-corrected chi connectivity index (χ2v) is 6.66. The van der Waals surface area contributed by atoms with Gasteiger partial charge in [0.25, 0.3) is 0 Å². The summed E-state index contributed by atoms with van der Waals surface area (Å²) < 4.78 is 0. The van der Waals surface area contributed by atoms with Crippen molar-refractivity contribution in [2.24, 2.45) is 11.3 Å². The van der Waals surface area contributed by atoms with Crippen LogP contribution in [0.2, 0.25) is 0 Å². The molecule has 0 radical (unpaired) electrons. The minimum Gasteiger partial charge on any atom is -0.353 e. The van der Waals surface area contributed by atoms with Crippen molar-refractivity contribution in [3.05, 3.63) is 0 Å². The van der Waals surface area contributed by atoms with Crippen LogP contribution in [0, 0.1) is 11.3 Å². The molecule has 1 fully saturated rings. The third-order valence-corrected chi connectivity index (χ3v) is 3.72. The fraction of sp³-hybridized carbons (Fsp3) is 0.867. The van der Waals surface area contributed by atoms with Gasteiger partial charge in [0.15, 0.2) is 0 Å². The predicted octanol–water partition coefficient (Wildman–Crippen LogP) is 2.19. The monoisotopic (exact) mass is 268 g/mol. The Balaban J connectivity index is 2.60. The van der Waals surface area contributed by atoms with Crippen LogP contribution in [-0.2, 0) is 9.59 Å². The lowest BCUT2D eigenvalue weighted by atomic mass is 9.91. The second kappa shape index (κ2) is 6.40. The molecule has 0 bridgehead atoms. The normalized spacial score (nSPS) is 21.9. The van der Waals surface area contributed by atoms with E-state index in [1.165, 1.54) is 0 Å². The molecule has 1 rings (SSSR count). The molecule has 2 amide bonds. The molecule has 1 saturated heterocycles. The number of carbonyl (C=O) groups excluding carboxylic acids is 2. The average Bonchev–Trinajstić information content (AvgIpc) is 2.36. The van der Waals surface area contributed by atoms with Crippen molar-refractivity contribution in [3.8, 4) is 0 Å².